The first-order chi connectivity index (χ1) is 8.20. The van der Waals surface area contributed by atoms with E-state index in [4.69, 9.17) is 0 Å². The van der Waals surface area contributed by atoms with Crippen LogP contribution in [0.4, 0.5) is 0 Å². The van der Waals surface area contributed by atoms with Gasteiger partial charge in [0, 0.05) is 35.6 Å². The van der Waals surface area contributed by atoms with Crippen LogP contribution in [0.2, 0.25) is 0 Å². The summed E-state index contributed by atoms with van der Waals surface area (Å²) in [5.74, 6) is 1.09. The van der Waals surface area contributed by atoms with Crippen molar-refractivity contribution in [2.45, 2.75) is 44.9 Å². The van der Waals surface area contributed by atoms with Crippen LogP contribution in [-0.4, -0.2) is 46.3 Å². The minimum Gasteiger partial charge on any atom is -0.683 e. The number of hydrogen-bond donors (Lipinski definition) is 0. The second-order valence-electron chi connectivity index (χ2n) is 5.22. The van der Waals surface area contributed by atoms with Crippen molar-refractivity contribution >= 4 is 0 Å². The molecule has 0 aromatic rings. The largest absolute Gasteiger partial charge is 0.683 e. The molecule has 0 aromatic heterocycles. The Morgan fingerprint density at radius 1 is 1.00 bits per heavy atom. The molecule has 1 aliphatic carbocycles. The number of nitrogens with zero attached hydrogens (tertiary/aromatic N) is 3. The molecule has 1 fully saturated rings. The van der Waals surface area contributed by atoms with Gasteiger partial charge >= 0.3 is 0 Å². The van der Waals surface area contributed by atoms with Crippen molar-refractivity contribution in [2.24, 2.45) is 5.92 Å². The van der Waals surface area contributed by atoms with Gasteiger partial charge in [-0.3, -0.25) is 6.67 Å². The van der Waals surface area contributed by atoms with Crippen LogP contribution in [0.15, 0.2) is 0 Å². The molecule has 0 aromatic carbocycles. The molecular formula is C15H34LaN3-3. The van der Waals surface area contributed by atoms with Crippen LogP contribution < -0.4 is 0 Å². The molecule has 3 nitrogen and oxygen atoms in total. The van der Waals surface area contributed by atoms with Crippen LogP contribution in [0.5, 0.6) is 0 Å². The molecule has 0 atom stereocenters. The minimum absolute atomic E-state index is 0. The Kier molecular flexibility index (Phi) is 25.2. The van der Waals surface area contributed by atoms with Crippen molar-refractivity contribution in [3.05, 3.63) is 18.1 Å². The molecule has 1 aliphatic rings. The molecule has 1 saturated carbocycles. The SMILES string of the molecule is CN(C)CCCCC1CCCC1.C[N-]C[N-]C.[CH3-].[La]. The zero-order valence-corrected chi connectivity index (χ0v) is 17.5. The average molecular weight is 395 g/mol. The quantitative estimate of drug-likeness (QED) is 0.467. The maximum Gasteiger partial charge on any atom is 0 e. The molecule has 0 aliphatic heterocycles. The Morgan fingerprint density at radius 3 is 1.89 bits per heavy atom. The minimum atomic E-state index is 0. The molecule has 0 unspecified atom stereocenters. The molecule has 0 heterocycles. The van der Waals surface area contributed by atoms with Crippen molar-refractivity contribution in [2.75, 3.05) is 41.4 Å². The molecule has 0 amide bonds. The van der Waals surface area contributed by atoms with Gasteiger partial charge in [0.1, 0.15) is 0 Å². The topological polar surface area (TPSA) is 31.4 Å². The van der Waals surface area contributed by atoms with Crippen molar-refractivity contribution in [1.82, 2.24) is 4.90 Å². The van der Waals surface area contributed by atoms with Crippen LogP contribution in [0.25, 0.3) is 10.6 Å². The van der Waals surface area contributed by atoms with Gasteiger partial charge in [-0.25, -0.2) is 0 Å². The predicted molar refractivity (Wildman–Crippen MR) is 84.2 cm³/mol. The van der Waals surface area contributed by atoms with E-state index >= 15 is 0 Å². The van der Waals surface area contributed by atoms with Crippen molar-refractivity contribution in [3.8, 4) is 0 Å². The van der Waals surface area contributed by atoms with Gasteiger partial charge in [0.05, 0.1) is 0 Å². The number of rotatable bonds is 7. The first-order valence-corrected chi connectivity index (χ1v) is 6.96. The molecule has 1 rings (SSSR count). The zero-order valence-electron chi connectivity index (χ0n) is 13.9. The summed E-state index contributed by atoms with van der Waals surface area (Å²) in [7, 11) is 7.81. The Balaban J connectivity index is -0.000000320. The summed E-state index contributed by atoms with van der Waals surface area (Å²) in [4.78, 5) is 2.29. The van der Waals surface area contributed by atoms with Crippen molar-refractivity contribution < 1.29 is 35.6 Å². The molecule has 19 heavy (non-hydrogen) atoms. The fourth-order valence-electron chi connectivity index (χ4n) is 2.30. The zero-order chi connectivity index (χ0) is 12.9. The van der Waals surface area contributed by atoms with Crippen LogP contribution in [-0.2, 0) is 0 Å². The maximum absolute atomic E-state index is 3.69. The van der Waals surface area contributed by atoms with Gasteiger partial charge in [-0.1, -0.05) is 38.5 Å². The Morgan fingerprint density at radius 2 is 1.53 bits per heavy atom. The first-order valence-electron chi connectivity index (χ1n) is 6.96. The summed E-state index contributed by atoms with van der Waals surface area (Å²) < 4.78 is 0. The monoisotopic (exact) mass is 395 g/mol. The molecule has 0 N–H and O–H groups in total. The summed E-state index contributed by atoms with van der Waals surface area (Å²) in [6.45, 7) is 1.91. The van der Waals surface area contributed by atoms with E-state index in [0.29, 0.717) is 6.67 Å². The van der Waals surface area contributed by atoms with E-state index in [1.54, 1.807) is 14.1 Å². The summed E-state index contributed by atoms with van der Waals surface area (Å²) in [6.07, 6.45) is 10.4. The van der Waals surface area contributed by atoms with E-state index in [0.717, 1.165) is 5.92 Å². The van der Waals surface area contributed by atoms with E-state index in [9.17, 15) is 0 Å². The van der Waals surface area contributed by atoms with Crippen LogP contribution in [0.1, 0.15) is 44.9 Å². The Hall–Kier alpha value is 1.07. The standard InChI is InChI=1S/C11H23N.C3H8N2.CH3.La/c1-12(2)10-6-5-9-11-7-3-4-8-11;1-4-3-5-2;;/h11H,3-10H2,1-2H3;3H2,1-2H3;1H3;/q;-2;-1;. The van der Waals surface area contributed by atoms with E-state index in [1.165, 1.54) is 51.5 Å². The van der Waals surface area contributed by atoms with E-state index < -0.39 is 0 Å². The van der Waals surface area contributed by atoms with Gasteiger partial charge in [0.25, 0.3) is 0 Å². The molecule has 1 radical (unpaired) electrons. The molecule has 0 saturated heterocycles. The van der Waals surface area contributed by atoms with Gasteiger partial charge in [0.15, 0.2) is 0 Å². The smallest absolute Gasteiger partial charge is 0 e. The molecule has 115 valence electrons. The van der Waals surface area contributed by atoms with Crippen LogP contribution >= 0.6 is 0 Å². The summed E-state index contributed by atoms with van der Waals surface area (Å²) in [5.41, 5.74) is 0. The fraction of sp³-hybridized carbons (Fsp3) is 0.933. The number of hydrogen-bond acceptors (Lipinski definition) is 1. The molecule has 0 spiro atoms. The number of unbranched alkanes of at least 4 members (excludes halogenated alkanes) is 1. The first kappa shape index (κ1) is 25.1. The normalized spacial score (nSPS) is 14.4. The van der Waals surface area contributed by atoms with Gasteiger partial charge in [-0.15, -0.1) is 0 Å². The predicted octanol–water partition coefficient (Wildman–Crippen LogP) is 4.31. The van der Waals surface area contributed by atoms with Gasteiger partial charge < -0.3 is 23.0 Å². The second kappa shape index (κ2) is 19.1. The van der Waals surface area contributed by atoms with Gasteiger partial charge in [-0.2, -0.15) is 14.1 Å². The third kappa shape index (κ3) is 19.1. The summed E-state index contributed by atoms with van der Waals surface area (Å²) >= 11 is 0. The molecular weight excluding hydrogens is 361 g/mol. The van der Waals surface area contributed by atoms with E-state index in [1.807, 2.05) is 0 Å². The third-order valence-electron chi connectivity index (χ3n) is 3.23. The Bertz CT molecular complexity index is 146. The van der Waals surface area contributed by atoms with E-state index in [2.05, 4.69) is 29.6 Å². The fourth-order valence-corrected chi connectivity index (χ4v) is 2.30. The third-order valence-corrected chi connectivity index (χ3v) is 3.23. The Labute approximate surface area is 150 Å². The molecule has 4 heteroatoms. The summed E-state index contributed by atoms with van der Waals surface area (Å²) in [5, 5.41) is 7.38. The van der Waals surface area contributed by atoms with Crippen molar-refractivity contribution in [1.29, 1.82) is 0 Å². The van der Waals surface area contributed by atoms with Crippen LogP contribution in [0, 0.1) is 48.9 Å². The van der Waals surface area contributed by atoms with Gasteiger partial charge in [-0.05, 0) is 33.0 Å². The van der Waals surface area contributed by atoms with E-state index in [-0.39, 0.29) is 43.0 Å². The average Bonchev–Trinajstić information content (AvgIpc) is 2.79. The van der Waals surface area contributed by atoms with Crippen LogP contribution in [0.3, 0.4) is 0 Å². The maximum atomic E-state index is 3.69. The van der Waals surface area contributed by atoms with Gasteiger partial charge in [0.2, 0.25) is 0 Å². The second-order valence-corrected chi connectivity index (χ2v) is 5.22. The summed E-state index contributed by atoms with van der Waals surface area (Å²) in [6, 6.07) is 0. The molecule has 0 bridgehead atoms. The van der Waals surface area contributed by atoms with Crippen molar-refractivity contribution in [3.63, 3.8) is 0 Å².